The first-order chi connectivity index (χ1) is 16.1. The molecular weight excluding hydrogens is 475 g/mol. The molecule has 1 aliphatic heterocycles. The molecule has 0 radical (unpaired) electrons. The van der Waals surface area contributed by atoms with E-state index in [0.29, 0.717) is 18.0 Å². The SMILES string of the molecule is C=CCNC(=O)[C@H]1CC(=O)N(c2ccc(OCC(=O)Nc3cc(C(F)(F)F)ccc3Cl)cc2)C1. The second-order valence-corrected chi connectivity index (χ2v) is 7.87. The molecule has 1 heterocycles. The van der Waals surface area contributed by atoms with Crippen molar-refractivity contribution in [3.05, 3.63) is 65.7 Å². The number of carbonyl (C=O) groups excluding carboxylic acids is 3. The van der Waals surface area contributed by atoms with Crippen molar-refractivity contribution >= 4 is 40.7 Å². The Bertz CT molecular complexity index is 1090. The van der Waals surface area contributed by atoms with Crippen LogP contribution in [0.2, 0.25) is 5.02 Å². The molecule has 2 aromatic rings. The predicted molar refractivity (Wildman–Crippen MR) is 121 cm³/mol. The van der Waals surface area contributed by atoms with Gasteiger partial charge in [-0.25, -0.2) is 0 Å². The zero-order chi connectivity index (χ0) is 24.9. The van der Waals surface area contributed by atoms with E-state index >= 15 is 0 Å². The lowest BCUT2D eigenvalue weighted by atomic mass is 10.1. The highest BCUT2D eigenvalue weighted by atomic mass is 35.5. The molecule has 1 fully saturated rings. The average Bonchev–Trinajstić information content (AvgIpc) is 3.18. The highest BCUT2D eigenvalue weighted by Gasteiger charge is 2.35. The summed E-state index contributed by atoms with van der Waals surface area (Å²) in [5, 5.41) is 4.92. The summed E-state index contributed by atoms with van der Waals surface area (Å²) in [6, 6.07) is 8.91. The smallest absolute Gasteiger partial charge is 0.416 e. The Labute approximate surface area is 198 Å². The number of nitrogens with one attached hydrogen (secondary N) is 2. The number of carbonyl (C=O) groups is 3. The van der Waals surface area contributed by atoms with Crippen molar-refractivity contribution in [2.24, 2.45) is 5.92 Å². The minimum Gasteiger partial charge on any atom is -0.484 e. The fraction of sp³-hybridized carbons (Fsp3) is 0.261. The van der Waals surface area contributed by atoms with Crippen LogP contribution in [0.4, 0.5) is 24.5 Å². The summed E-state index contributed by atoms with van der Waals surface area (Å²) in [6.45, 7) is 3.62. The zero-order valence-electron chi connectivity index (χ0n) is 17.8. The van der Waals surface area contributed by atoms with Gasteiger partial charge in [0.05, 0.1) is 22.2 Å². The van der Waals surface area contributed by atoms with Crippen LogP contribution in [0.3, 0.4) is 0 Å². The topological polar surface area (TPSA) is 87.7 Å². The lowest BCUT2D eigenvalue weighted by Crippen LogP contribution is -2.32. The fourth-order valence-electron chi connectivity index (χ4n) is 3.30. The molecule has 1 saturated heterocycles. The van der Waals surface area contributed by atoms with E-state index in [4.69, 9.17) is 16.3 Å². The Morgan fingerprint density at radius 1 is 1.21 bits per heavy atom. The molecule has 11 heteroatoms. The van der Waals surface area contributed by atoms with E-state index in [9.17, 15) is 27.6 Å². The number of hydrogen-bond donors (Lipinski definition) is 2. The first-order valence-electron chi connectivity index (χ1n) is 10.2. The number of ether oxygens (including phenoxy) is 1. The van der Waals surface area contributed by atoms with Crippen molar-refractivity contribution in [1.29, 1.82) is 0 Å². The van der Waals surface area contributed by atoms with Crippen LogP contribution in [0.15, 0.2) is 55.1 Å². The molecule has 2 aromatic carbocycles. The van der Waals surface area contributed by atoms with Crippen molar-refractivity contribution in [3.8, 4) is 5.75 Å². The molecule has 0 unspecified atom stereocenters. The number of alkyl halides is 3. The second-order valence-electron chi connectivity index (χ2n) is 7.46. The molecule has 0 aliphatic carbocycles. The number of nitrogens with zero attached hydrogens (tertiary/aromatic N) is 1. The van der Waals surface area contributed by atoms with Gasteiger partial charge < -0.3 is 20.3 Å². The number of halogens is 4. The molecule has 3 amide bonds. The van der Waals surface area contributed by atoms with Gasteiger partial charge in [0.25, 0.3) is 5.91 Å². The second kappa shape index (κ2) is 10.6. The summed E-state index contributed by atoms with van der Waals surface area (Å²) in [5.41, 5.74) is -0.558. The van der Waals surface area contributed by atoms with Gasteiger partial charge in [-0.15, -0.1) is 6.58 Å². The van der Waals surface area contributed by atoms with Gasteiger partial charge in [0.2, 0.25) is 11.8 Å². The number of hydrogen-bond acceptors (Lipinski definition) is 4. The zero-order valence-corrected chi connectivity index (χ0v) is 18.6. The van der Waals surface area contributed by atoms with E-state index in [2.05, 4.69) is 17.2 Å². The van der Waals surface area contributed by atoms with Crippen LogP contribution in [-0.2, 0) is 20.6 Å². The number of benzene rings is 2. The molecule has 34 heavy (non-hydrogen) atoms. The number of anilines is 2. The van der Waals surface area contributed by atoms with Gasteiger partial charge in [0, 0.05) is 25.2 Å². The first kappa shape index (κ1) is 25.1. The first-order valence-corrected chi connectivity index (χ1v) is 10.5. The number of rotatable bonds is 8. The van der Waals surface area contributed by atoms with Crippen LogP contribution in [0.1, 0.15) is 12.0 Å². The third kappa shape index (κ3) is 6.28. The van der Waals surface area contributed by atoms with Gasteiger partial charge >= 0.3 is 6.18 Å². The van der Waals surface area contributed by atoms with Crippen LogP contribution in [-0.4, -0.2) is 37.4 Å². The largest absolute Gasteiger partial charge is 0.484 e. The van der Waals surface area contributed by atoms with E-state index in [1.165, 1.54) is 17.0 Å². The van der Waals surface area contributed by atoms with Crippen molar-refractivity contribution in [2.75, 3.05) is 29.9 Å². The van der Waals surface area contributed by atoms with Crippen LogP contribution in [0.5, 0.6) is 5.75 Å². The summed E-state index contributed by atoms with van der Waals surface area (Å²) in [6.07, 6.45) is -2.92. The number of amides is 3. The van der Waals surface area contributed by atoms with Crippen LogP contribution >= 0.6 is 11.6 Å². The fourth-order valence-corrected chi connectivity index (χ4v) is 3.47. The standard InChI is InChI=1S/C23H21ClF3N3O4/c1-2-9-28-22(33)14-10-21(32)30(12-14)16-4-6-17(7-5-16)34-13-20(31)29-19-11-15(23(25,26)27)3-8-18(19)24/h2-8,11,14H,1,9-10,12-13H2,(H,28,33)(H,29,31)/t14-/m0/s1. The molecule has 0 spiro atoms. The van der Waals surface area contributed by atoms with Crippen molar-refractivity contribution in [2.45, 2.75) is 12.6 Å². The molecule has 3 rings (SSSR count). The summed E-state index contributed by atoms with van der Waals surface area (Å²) >= 11 is 5.87. The Balaban J connectivity index is 1.55. The normalized spacial score (nSPS) is 15.7. The highest BCUT2D eigenvalue weighted by Crippen LogP contribution is 2.34. The Hall–Kier alpha value is -3.53. The van der Waals surface area contributed by atoms with E-state index in [1.807, 2.05) is 0 Å². The van der Waals surface area contributed by atoms with Gasteiger partial charge in [0.15, 0.2) is 6.61 Å². The molecule has 7 nitrogen and oxygen atoms in total. The predicted octanol–water partition coefficient (Wildman–Crippen LogP) is 4.03. The third-order valence-electron chi connectivity index (χ3n) is 5.00. The van der Waals surface area contributed by atoms with Crippen molar-refractivity contribution in [1.82, 2.24) is 5.32 Å². The maximum atomic E-state index is 12.9. The minimum atomic E-state index is -4.57. The van der Waals surface area contributed by atoms with Crippen LogP contribution < -0.4 is 20.3 Å². The maximum absolute atomic E-state index is 12.9. The Kier molecular flexibility index (Phi) is 7.83. The molecule has 0 saturated carbocycles. The summed E-state index contributed by atoms with van der Waals surface area (Å²) in [7, 11) is 0. The molecule has 0 bridgehead atoms. The van der Waals surface area contributed by atoms with Crippen molar-refractivity contribution in [3.63, 3.8) is 0 Å². The maximum Gasteiger partial charge on any atom is 0.416 e. The van der Waals surface area contributed by atoms with E-state index in [0.717, 1.165) is 18.2 Å². The van der Waals surface area contributed by atoms with Gasteiger partial charge in [-0.3, -0.25) is 14.4 Å². The highest BCUT2D eigenvalue weighted by molar-refractivity contribution is 6.33. The molecule has 180 valence electrons. The summed E-state index contributed by atoms with van der Waals surface area (Å²) in [4.78, 5) is 38.0. The van der Waals surface area contributed by atoms with Crippen molar-refractivity contribution < 1.29 is 32.3 Å². The third-order valence-corrected chi connectivity index (χ3v) is 5.33. The summed E-state index contributed by atoms with van der Waals surface area (Å²) in [5.74, 6) is -1.27. The monoisotopic (exact) mass is 495 g/mol. The van der Waals surface area contributed by atoms with Gasteiger partial charge in [-0.2, -0.15) is 13.2 Å². The molecule has 2 N–H and O–H groups in total. The Morgan fingerprint density at radius 3 is 2.56 bits per heavy atom. The molecule has 1 atom stereocenters. The lowest BCUT2D eigenvalue weighted by molar-refractivity contribution is -0.137. The van der Waals surface area contributed by atoms with E-state index < -0.39 is 30.2 Å². The van der Waals surface area contributed by atoms with Gasteiger partial charge in [-0.05, 0) is 42.5 Å². The Morgan fingerprint density at radius 2 is 1.91 bits per heavy atom. The molecular formula is C23H21ClF3N3O4. The van der Waals surface area contributed by atoms with Gasteiger partial charge in [0.1, 0.15) is 5.75 Å². The average molecular weight is 496 g/mol. The molecule has 1 aliphatic rings. The van der Waals surface area contributed by atoms with E-state index in [1.54, 1.807) is 18.2 Å². The lowest BCUT2D eigenvalue weighted by Gasteiger charge is -2.17. The van der Waals surface area contributed by atoms with E-state index in [-0.39, 0.29) is 35.5 Å². The quantitative estimate of drug-likeness (QED) is 0.541. The minimum absolute atomic E-state index is 0.0440. The van der Waals surface area contributed by atoms with Crippen LogP contribution in [0, 0.1) is 5.92 Å². The van der Waals surface area contributed by atoms with Gasteiger partial charge in [-0.1, -0.05) is 17.7 Å². The molecule has 0 aromatic heterocycles. The van der Waals surface area contributed by atoms with Crippen LogP contribution in [0.25, 0.3) is 0 Å². The summed E-state index contributed by atoms with van der Waals surface area (Å²) < 4.78 is 43.9.